The standard InChI is InChI=1S/C18H16ClF3N4O4S/c19-16-15(2-1-7-23-16)31(28,29)24-11-8-13-10-26(17(27)25(13)9-11)12-3-5-14(6-4-12)30-18(20,21)22/h1-7,11,13,24H,8-10H2/t11-,13+/m1/s1. The van der Waals surface area contributed by atoms with Gasteiger partial charge in [-0.1, -0.05) is 11.6 Å². The van der Waals surface area contributed by atoms with Crippen LogP contribution in [0.25, 0.3) is 0 Å². The van der Waals surface area contributed by atoms with Crippen molar-refractivity contribution < 1.29 is 31.1 Å². The smallest absolute Gasteiger partial charge is 0.406 e. The molecular weight excluding hydrogens is 461 g/mol. The maximum absolute atomic E-state index is 12.8. The van der Waals surface area contributed by atoms with Gasteiger partial charge in [-0.05, 0) is 42.8 Å². The Labute approximate surface area is 180 Å². The highest BCUT2D eigenvalue weighted by molar-refractivity contribution is 7.89. The molecule has 0 unspecified atom stereocenters. The number of rotatable bonds is 5. The number of fused-ring (bicyclic) bond motifs is 1. The molecule has 2 amide bonds. The van der Waals surface area contributed by atoms with E-state index < -0.39 is 22.4 Å². The summed E-state index contributed by atoms with van der Waals surface area (Å²) in [4.78, 5) is 19.4. The molecule has 4 rings (SSSR count). The van der Waals surface area contributed by atoms with Gasteiger partial charge in [-0.25, -0.2) is 22.9 Å². The number of carbonyl (C=O) groups is 1. The summed E-state index contributed by atoms with van der Waals surface area (Å²) in [6.07, 6.45) is -3.03. The third-order valence-corrected chi connectivity index (χ3v) is 6.97. The van der Waals surface area contributed by atoms with Gasteiger partial charge in [-0.15, -0.1) is 13.2 Å². The number of nitrogens with zero attached hydrogens (tertiary/aromatic N) is 3. The van der Waals surface area contributed by atoms with Crippen LogP contribution in [0.2, 0.25) is 5.15 Å². The number of nitrogens with one attached hydrogen (secondary N) is 1. The fraction of sp³-hybridized carbons (Fsp3) is 0.333. The molecule has 13 heteroatoms. The lowest BCUT2D eigenvalue weighted by molar-refractivity contribution is -0.274. The predicted octanol–water partition coefficient (Wildman–Crippen LogP) is 3.00. The highest BCUT2D eigenvalue weighted by atomic mass is 35.5. The number of ether oxygens (including phenoxy) is 1. The van der Waals surface area contributed by atoms with Crippen molar-refractivity contribution >= 4 is 33.3 Å². The molecule has 2 fully saturated rings. The van der Waals surface area contributed by atoms with Gasteiger partial charge in [0.2, 0.25) is 10.0 Å². The second kappa shape index (κ2) is 7.84. The Balaban J connectivity index is 1.41. The molecule has 2 saturated heterocycles. The number of aromatic nitrogens is 1. The van der Waals surface area contributed by atoms with Crippen molar-refractivity contribution in [2.75, 3.05) is 18.0 Å². The van der Waals surface area contributed by atoms with Crippen molar-refractivity contribution in [3.05, 3.63) is 47.7 Å². The summed E-state index contributed by atoms with van der Waals surface area (Å²) in [7, 11) is -3.91. The van der Waals surface area contributed by atoms with E-state index in [9.17, 15) is 26.4 Å². The number of sulfonamides is 1. The maximum Gasteiger partial charge on any atom is 0.573 e. The van der Waals surface area contributed by atoms with Crippen LogP contribution in [-0.2, 0) is 10.0 Å². The Bertz CT molecular complexity index is 1100. The normalized spacial score (nSPS) is 21.5. The quantitative estimate of drug-likeness (QED) is 0.670. The summed E-state index contributed by atoms with van der Waals surface area (Å²) in [5, 5.41) is -0.145. The summed E-state index contributed by atoms with van der Waals surface area (Å²) in [6.45, 7) is 0.441. The number of halogens is 4. The van der Waals surface area contributed by atoms with Crippen LogP contribution in [-0.4, -0.2) is 55.9 Å². The van der Waals surface area contributed by atoms with Crippen LogP contribution < -0.4 is 14.4 Å². The van der Waals surface area contributed by atoms with E-state index in [1.165, 1.54) is 40.3 Å². The lowest BCUT2D eigenvalue weighted by Gasteiger charge is -2.20. The van der Waals surface area contributed by atoms with Crippen molar-refractivity contribution in [2.45, 2.75) is 29.8 Å². The molecule has 166 valence electrons. The van der Waals surface area contributed by atoms with Crippen molar-refractivity contribution in [1.82, 2.24) is 14.6 Å². The molecular formula is C18H16ClF3N4O4S. The summed E-state index contributed by atoms with van der Waals surface area (Å²) in [5.74, 6) is -0.382. The van der Waals surface area contributed by atoms with Gasteiger partial charge in [-0.3, -0.25) is 4.90 Å². The summed E-state index contributed by atoms with van der Waals surface area (Å²) in [6, 6.07) is 6.71. The number of anilines is 1. The predicted molar refractivity (Wildman–Crippen MR) is 104 cm³/mol. The van der Waals surface area contributed by atoms with E-state index in [0.717, 1.165) is 12.1 Å². The average molecular weight is 477 g/mol. The van der Waals surface area contributed by atoms with Gasteiger partial charge in [0.15, 0.2) is 0 Å². The molecule has 1 aromatic heterocycles. The van der Waals surface area contributed by atoms with Gasteiger partial charge < -0.3 is 9.64 Å². The van der Waals surface area contributed by atoms with E-state index in [1.54, 1.807) is 0 Å². The minimum Gasteiger partial charge on any atom is -0.406 e. The second-order valence-electron chi connectivity index (χ2n) is 7.09. The number of benzene rings is 1. The fourth-order valence-corrected chi connectivity index (χ4v) is 5.44. The first kappa shape index (κ1) is 21.7. The van der Waals surface area contributed by atoms with E-state index >= 15 is 0 Å². The first-order valence-electron chi connectivity index (χ1n) is 9.10. The van der Waals surface area contributed by atoms with Gasteiger partial charge in [0.05, 0.1) is 6.04 Å². The third kappa shape index (κ3) is 4.55. The average Bonchev–Trinajstić information content (AvgIpc) is 3.19. The van der Waals surface area contributed by atoms with Crippen molar-refractivity contribution in [2.24, 2.45) is 0 Å². The van der Waals surface area contributed by atoms with Crippen LogP contribution >= 0.6 is 11.6 Å². The molecule has 31 heavy (non-hydrogen) atoms. The highest BCUT2D eigenvalue weighted by Gasteiger charge is 2.45. The number of pyridine rings is 1. The number of urea groups is 1. The summed E-state index contributed by atoms with van der Waals surface area (Å²) in [5.41, 5.74) is 0.424. The topological polar surface area (TPSA) is 91.8 Å². The van der Waals surface area contributed by atoms with Crippen LogP contribution in [0.1, 0.15) is 6.42 Å². The Morgan fingerprint density at radius 2 is 1.87 bits per heavy atom. The van der Waals surface area contributed by atoms with E-state index in [-0.39, 0.29) is 41.0 Å². The Morgan fingerprint density at radius 3 is 2.48 bits per heavy atom. The van der Waals surface area contributed by atoms with Gasteiger partial charge in [0, 0.05) is 31.0 Å². The van der Waals surface area contributed by atoms with E-state index in [2.05, 4.69) is 14.4 Å². The zero-order chi connectivity index (χ0) is 22.4. The Hall–Kier alpha value is -2.57. The first-order chi connectivity index (χ1) is 14.5. The Kier molecular flexibility index (Phi) is 5.48. The lowest BCUT2D eigenvalue weighted by atomic mass is 10.2. The largest absolute Gasteiger partial charge is 0.573 e. The molecule has 0 bridgehead atoms. The monoisotopic (exact) mass is 476 g/mol. The molecule has 1 aromatic carbocycles. The van der Waals surface area contributed by atoms with E-state index in [1.807, 2.05) is 0 Å². The van der Waals surface area contributed by atoms with Crippen LogP contribution in [0.15, 0.2) is 47.5 Å². The number of amides is 2. The SMILES string of the molecule is O=C1N(c2ccc(OC(F)(F)F)cc2)C[C@@H]2C[C@@H](NS(=O)(=O)c3cccnc3Cl)CN12. The Morgan fingerprint density at radius 1 is 1.16 bits per heavy atom. The zero-order valence-electron chi connectivity index (χ0n) is 15.7. The molecule has 2 atom stereocenters. The number of carbonyl (C=O) groups excluding carboxylic acids is 1. The van der Waals surface area contributed by atoms with Gasteiger partial charge in [-0.2, -0.15) is 0 Å². The minimum absolute atomic E-state index is 0.141. The molecule has 2 aromatic rings. The van der Waals surface area contributed by atoms with Crippen molar-refractivity contribution in [3.8, 4) is 5.75 Å². The second-order valence-corrected chi connectivity index (χ2v) is 9.13. The molecule has 1 N–H and O–H groups in total. The first-order valence-corrected chi connectivity index (χ1v) is 11.0. The van der Waals surface area contributed by atoms with Crippen molar-refractivity contribution in [3.63, 3.8) is 0 Å². The van der Waals surface area contributed by atoms with Crippen molar-refractivity contribution in [1.29, 1.82) is 0 Å². The van der Waals surface area contributed by atoms with Crippen LogP contribution in [0, 0.1) is 0 Å². The number of alkyl halides is 3. The fourth-order valence-electron chi connectivity index (χ4n) is 3.75. The lowest BCUT2D eigenvalue weighted by Crippen LogP contribution is -2.40. The molecule has 0 aliphatic carbocycles. The van der Waals surface area contributed by atoms with Crippen LogP contribution in [0.4, 0.5) is 23.7 Å². The van der Waals surface area contributed by atoms with Crippen LogP contribution in [0.5, 0.6) is 5.75 Å². The highest BCUT2D eigenvalue weighted by Crippen LogP contribution is 2.33. The zero-order valence-corrected chi connectivity index (χ0v) is 17.3. The molecule has 0 saturated carbocycles. The molecule has 8 nitrogen and oxygen atoms in total. The molecule has 0 spiro atoms. The number of hydrogen-bond donors (Lipinski definition) is 1. The molecule has 3 heterocycles. The summed E-state index contributed by atoms with van der Waals surface area (Å²) < 4.78 is 68.4. The van der Waals surface area contributed by atoms with Gasteiger partial charge in [0.1, 0.15) is 15.8 Å². The molecule has 2 aliphatic rings. The van der Waals surface area contributed by atoms with Crippen LogP contribution in [0.3, 0.4) is 0 Å². The van der Waals surface area contributed by atoms with E-state index in [0.29, 0.717) is 12.1 Å². The molecule has 0 radical (unpaired) electrons. The molecule has 2 aliphatic heterocycles. The van der Waals surface area contributed by atoms with E-state index in [4.69, 9.17) is 11.6 Å². The number of hydrogen-bond acceptors (Lipinski definition) is 5. The minimum atomic E-state index is -4.80. The third-order valence-electron chi connectivity index (χ3n) is 5.00. The van der Waals surface area contributed by atoms with Gasteiger partial charge >= 0.3 is 12.4 Å². The summed E-state index contributed by atoms with van der Waals surface area (Å²) >= 11 is 5.87. The van der Waals surface area contributed by atoms with Gasteiger partial charge in [0.25, 0.3) is 0 Å². The maximum atomic E-state index is 12.8.